The molecule has 1 aliphatic heterocycles. The summed E-state index contributed by atoms with van der Waals surface area (Å²) in [5, 5.41) is 2.71. The van der Waals surface area contributed by atoms with Crippen LogP contribution < -0.4 is 10.0 Å². The molecule has 3 heterocycles. The highest BCUT2D eigenvalue weighted by Crippen LogP contribution is 2.34. The number of fused-ring (bicyclic) bond motifs is 1. The van der Waals surface area contributed by atoms with Crippen LogP contribution in [0.25, 0.3) is 6.08 Å². The highest BCUT2D eigenvalue weighted by molar-refractivity contribution is 7.97. The molecule has 1 amide bonds. The van der Waals surface area contributed by atoms with E-state index >= 15 is 0 Å². The predicted octanol–water partition coefficient (Wildman–Crippen LogP) is 4.41. The van der Waals surface area contributed by atoms with Crippen LogP contribution in [-0.4, -0.2) is 21.5 Å². The highest BCUT2D eigenvalue weighted by atomic mass is 32.2. The second-order valence-electron chi connectivity index (χ2n) is 6.30. The van der Waals surface area contributed by atoms with E-state index in [1.807, 2.05) is 37.5 Å². The standard InChI is InChI=1S/C18H20F2N4OS/c1-10(2)23-26-16-11(3)15(24-8-4-5-14(16)24)18(25)22-12-6-7-21-13(9-12)17(19)20/h4-7,9-10,17,23H,8H2,1-3H3,(H,21,22,25). The van der Waals surface area contributed by atoms with Gasteiger partial charge in [-0.05, 0) is 56.5 Å². The van der Waals surface area contributed by atoms with Crippen molar-refractivity contribution >= 4 is 29.6 Å². The van der Waals surface area contributed by atoms with E-state index in [1.54, 1.807) is 0 Å². The van der Waals surface area contributed by atoms with E-state index in [9.17, 15) is 13.6 Å². The van der Waals surface area contributed by atoms with Crippen molar-refractivity contribution in [1.82, 2.24) is 14.3 Å². The smallest absolute Gasteiger partial charge is 0.280 e. The molecule has 0 fully saturated rings. The molecule has 0 radical (unpaired) electrons. The molecule has 0 aromatic carbocycles. The zero-order chi connectivity index (χ0) is 18.8. The number of aromatic nitrogens is 2. The molecule has 3 rings (SSSR count). The molecule has 0 bridgehead atoms. The molecule has 0 unspecified atom stereocenters. The summed E-state index contributed by atoms with van der Waals surface area (Å²) in [5.41, 5.74) is 2.32. The fourth-order valence-electron chi connectivity index (χ4n) is 2.80. The van der Waals surface area contributed by atoms with Gasteiger partial charge in [-0.2, -0.15) is 0 Å². The van der Waals surface area contributed by atoms with Gasteiger partial charge in [0.1, 0.15) is 11.4 Å². The lowest BCUT2D eigenvalue weighted by molar-refractivity contribution is 0.101. The lowest BCUT2D eigenvalue weighted by Gasteiger charge is -2.10. The quantitative estimate of drug-likeness (QED) is 0.731. The largest absolute Gasteiger partial charge is 0.332 e. The molecule has 0 saturated carbocycles. The summed E-state index contributed by atoms with van der Waals surface area (Å²) in [6, 6.07) is 2.99. The van der Waals surface area contributed by atoms with E-state index in [2.05, 4.69) is 15.0 Å². The molecule has 0 saturated heterocycles. The number of hydrogen-bond acceptors (Lipinski definition) is 4. The third kappa shape index (κ3) is 3.66. The van der Waals surface area contributed by atoms with Gasteiger partial charge in [-0.25, -0.2) is 8.78 Å². The maximum atomic E-state index is 12.8. The van der Waals surface area contributed by atoms with Gasteiger partial charge >= 0.3 is 0 Å². The summed E-state index contributed by atoms with van der Waals surface area (Å²) in [7, 11) is 0. The van der Waals surface area contributed by atoms with Crippen LogP contribution in [0, 0.1) is 6.92 Å². The number of pyridine rings is 1. The van der Waals surface area contributed by atoms with Gasteiger partial charge < -0.3 is 9.88 Å². The van der Waals surface area contributed by atoms with Gasteiger partial charge in [-0.1, -0.05) is 6.08 Å². The number of carbonyl (C=O) groups excluding carboxylic acids is 1. The summed E-state index contributed by atoms with van der Waals surface area (Å²) >= 11 is 1.50. The molecule has 5 nitrogen and oxygen atoms in total. The number of rotatable bonds is 6. The summed E-state index contributed by atoms with van der Waals surface area (Å²) in [6.07, 6.45) is 2.57. The maximum absolute atomic E-state index is 12.8. The minimum Gasteiger partial charge on any atom is -0.332 e. The van der Waals surface area contributed by atoms with Crippen molar-refractivity contribution in [1.29, 1.82) is 0 Å². The monoisotopic (exact) mass is 378 g/mol. The molecular weight excluding hydrogens is 358 g/mol. The Morgan fingerprint density at radius 2 is 2.15 bits per heavy atom. The number of amides is 1. The number of anilines is 1. The number of nitrogens with zero attached hydrogens (tertiary/aromatic N) is 2. The fraction of sp³-hybridized carbons (Fsp3) is 0.333. The first-order valence-electron chi connectivity index (χ1n) is 8.26. The van der Waals surface area contributed by atoms with Crippen molar-refractivity contribution in [2.24, 2.45) is 0 Å². The van der Waals surface area contributed by atoms with E-state index in [4.69, 9.17) is 0 Å². The van der Waals surface area contributed by atoms with Crippen LogP contribution in [0.5, 0.6) is 0 Å². The topological polar surface area (TPSA) is 59.0 Å². The predicted molar refractivity (Wildman–Crippen MR) is 99.5 cm³/mol. The Morgan fingerprint density at radius 3 is 2.85 bits per heavy atom. The minimum atomic E-state index is -2.68. The van der Waals surface area contributed by atoms with Gasteiger partial charge in [0.05, 0.1) is 10.6 Å². The van der Waals surface area contributed by atoms with Crippen LogP contribution in [0.2, 0.25) is 0 Å². The van der Waals surface area contributed by atoms with Crippen LogP contribution in [-0.2, 0) is 6.54 Å². The van der Waals surface area contributed by atoms with Crippen molar-refractivity contribution in [3.05, 3.63) is 47.1 Å². The van der Waals surface area contributed by atoms with Gasteiger partial charge in [-0.15, -0.1) is 0 Å². The number of halogens is 2. The number of alkyl halides is 2. The zero-order valence-electron chi connectivity index (χ0n) is 14.7. The molecule has 26 heavy (non-hydrogen) atoms. The summed E-state index contributed by atoms with van der Waals surface area (Å²) < 4.78 is 30.8. The highest BCUT2D eigenvalue weighted by Gasteiger charge is 2.26. The van der Waals surface area contributed by atoms with Crippen LogP contribution in [0.3, 0.4) is 0 Å². The average molecular weight is 378 g/mol. The summed E-state index contributed by atoms with van der Waals surface area (Å²) in [4.78, 5) is 17.4. The molecule has 0 atom stereocenters. The normalized spacial score (nSPS) is 12.9. The van der Waals surface area contributed by atoms with Crippen molar-refractivity contribution in [3.63, 3.8) is 0 Å². The van der Waals surface area contributed by atoms with E-state index in [-0.39, 0.29) is 11.6 Å². The lowest BCUT2D eigenvalue weighted by Crippen LogP contribution is -2.18. The third-order valence-corrected chi connectivity index (χ3v) is 5.24. The Balaban J connectivity index is 1.88. The Kier molecular flexibility index (Phi) is 5.43. The molecule has 2 aromatic heterocycles. The molecule has 2 N–H and O–H groups in total. The second kappa shape index (κ2) is 7.59. The van der Waals surface area contributed by atoms with E-state index in [0.717, 1.165) is 16.2 Å². The van der Waals surface area contributed by atoms with E-state index in [1.165, 1.54) is 30.3 Å². The molecular formula is C18H20F2N4OS. The van der Waals surface area contributed by atoms with Gasteiger partial charge in [0.2, 0.25) is 0 Å². The Bertz CT molecular complexity index is 861. The van der Waals surface area contributed by atoms with Crippen LogP contribution in [0.15, 0.2) is 29.3 Å². The van der Waals surface area contributed by atoms with Crippen LogP contribution >= 0.6 is 11.9 Å². The van der Waals surface area contributed by atoms with Crippen molar-refractivity contribution in [2.45, 2.75) is 44.7 Å². The number of nitrogens with one attached hydrogen (secondary N) is 2. The average Bonchev–Trinajstić information content (AvgIpc) is 3.13. The third-order valence-electron chi connectivity index (χ3n) is 3.93. The van der Waals surface area contributed by atoms with Crippen molar-refractivity contribution in [2.75, 3.05) is 5.32 Å². The minimum absolute atomic E-state index is 0.294. The number of allylic oxidation sites excluding steroid dienone is 1. The Labute approximate surface area is 155 Å². The first-order chi connectivity index (χ1) is 12.4. The number of hydrogen-bond donors (Lipinski definition) is 2. The van der Waals surface area contributed by atoms with Gasteiger partial charge in [0.15, 0.2) is 0 Å². The zero-order valence-corrected chi connectivity index (χ0v) is 15.5. The Hall–Kier alpha value is -2.19. The van der Waals surface area contributed by atoms with Gasteiger partial charge in [0, 0.05) is 24.5 Å². The molecule has 0 spiro atoms. The Morgan fingerprint density at radius 1 is 1.38 bits per heavy atom. The molecule has 138 valence electrons. The second-order valence-corrected chi connectivity index (χ2v) is 7.15. The van der Waals surface area contributed by atoms with Crippen LogP contribution in [0.1, 0.15) is 47.7 Å². The number of carbonyl (C=O) groups is 1. The first-order valence-corrected chi connectivity index (χ1v) is 9.07. The summed E-state index contributed by atoms with van der Waals surface area (Å²) in [5.74, 6) is -0.324. The lowest BCUT2D eigenvalue weighted by atomic mass is 10.2. The summed E-state index contributed by atoms with van der Waals surface area (Å²) in [6.45, 7) is 6.60. The van der Waals surface area contributed by atoms with Crippen molar-refractivity contribution in [3.8, 4) is 0 Å². The van der Waals surface area contributed by atoms with E-state index in [0.29, 0.717) is 24.0 Å². The first kappa shape index (κ1) is 18.6. The van der Waals surface area contributed by atoms with Gasteiger partial charge in [-0.3, -0.25) is 14.5 Å². The van der Waals surface area contributed by atoms with E-state index < -0.39 is 6.43 Å². The van der Waals surface area contributed by atoms with Crippen molar-refractivity contribution < 1.29 is 13.6 Å². The molecule has 0 aliphatic carbocycles. The fourth-order valence-corrected chi connectivity index (χ4v) is 3.69. The molecule has 8 heteroatoms. The molecule has 2 aromatic rings. The SMILES string of the molecule is Cc1c(SNC(C)C)c2n(c1C(=O)Nc1ccnc(C(F)F)c1)CC=C2. The maximum Gasteiger partial charge on any atom is 0.280 e. The molecule has 1 aliphatic rings. The van der Waals surface area contributed by atoms with Gasteiger partial charge in [0.25, 0.3) is 12.3 Å². The van der Waals surface area contributed by atoms with Crippen LogP contribution in [0.4, 0.5) is 14.5 Å².